The molecule has 0 atom stereocenters. The van der Waals surface area contributed by atoms with Gasteiger partial charge < -0.3 is 4.98 Å². The van der Waals surface area contributed by atoms with Gasteiger partial charge in [0.2, 0.25) is 0 Å². The van der Waals surface area contributed by atoms with Gasteiger partial charge in [-0.1, -0.05) is 0 Å². The van der Waals surface area contributed by atoms with Gasteiger partial charge >= 0.3 is 0 Å². The van der Waals surface area contributed by atoms with Crippen LogP contribution in [-0.4, -0.2) is 15.0 Å². The minimum absolute atomic E-state index is 0.243. The van der Waals surface area contributed by atoms with E-state index in [4.69, 9.17) is 0 Å². The second kappa shape index (κ2) is 4.79. The third-order valence-corrected chi connectivity index (χ3v) is 4.21. The zero-order chi connectivity index (χ0) is 14.2. The number of halogens is 1. The van der Waals surface area contributed by atoms with Crippen LogP contribution in [0.15, 0.2) is 54.3 Å². The number of aromatic nitrogens is 3. The van der Waals surface area contributed by atoms with E-state index in [-0.39, 0.29) is 5.82 Å². The first-order valence-electron chi connectivity index (χ1n) is 6.44. The van der Waals surface area contributed by atoms with Crippen molar-refractivity contribution in [1.82, 2.24) is 15.0 Å². The van der Waals surface area contributed by atoms with Crippen molar-refractivity contribution in [3.05, 3.63) is 60.1 Å². The van der Waals surface area contributed by atoms with Crippen molar-refractivity contribution in [1.29, 1.82) is 0 Å². The summed E-state index contributed by atoms with van der Waals surface area (Å²) >= 11 is 1.54. The van der Waals surface area contributed by atoms with Gasteiger partial charge in [0.05, 0.1) is 5.69 Å². The molecule has 102 valence electrons. The molecule has 0 saturated heterocycles. The van der Waals surface area contributed by atoms with Crippen LogP contribution in [0.4, 0.5) is 4.39 Å². The van der Waals surface area contributed by atoms with Gasteiger partial charge in [-0.3, -0.25) is 4.98 Å². The van der Waals surface area contributed by atoms with E-state index in [0.717, 1.165) is 32.7 Å². The number of fused-ring (bicyclic) bond motifs is 1. The van der Waals surface area contributed by atoms with Crippen LogP contribution in [0, 0.1) is 5.82 Å². The number of benzene rings is 1. The Labute approximate surface area is 124 Å². The molecule has 0 saturated carbocycles. The van der Waals surface area contributed by atoms with Crippen molar-refractivity contribution in [2.45, 2.75) is 0 Å². The third kappa shape index (κ3) is 2.11. The van der Waals surface area contributed by atoms with Crippen LogP contribution in [0.1, 0.15) is 0 Å². The van der Waals surface area contributed by atoms with Crippen LogP contribution in [0.3, 0.4) is 0 Å². The molecule has 4 aromatic rings. The van der Waals surface area contributed by atoms with E-state index in [1.807, 2.05) is 23.7 Å². The summed E-state index contributed by atoms with van der Waals surface area (Å²) in [5.41, 5.74) is 3.69. The number of pyridine rings is 1. The van der Waals surface area contributed by atoms with Crippen molar-refractivity contribution in [3.63, 3.8) is 0 Å². The van der Waals surface area contributed by atoms with Gasteiger partial charge in [-0.2, -0.15) is 0 Å². The van der Waals surface area contributed by atoms with Crippen LogP contribution in [0.2, 0.25) is 0 Å². The van der Waals surface area contributed by atoms with E-state index in [2.05, 4.69) is 15.0 Å². The van der Waals surface area contributed by atoms with Gasteiger partial charge in [0.1, 0.15) is 10.8 Å². The van der Waals surface area contributed by atoms with Gasteiger partial charge in [0.25, 0.3) is 0 Å². The number of rotatable bonds is 2. The Hall–Kier alpha value is -2.53. The molecule has 0 unspecified atom stereocenters. The molecule has 1 N–H and O–H groups in total. The van der Waals surface area contributed by atoms with E-state index >= 15 is 0 Å². The summed E-state index contributed by atoms with van der Waals surface area (Å²) < 4.78 is 13.4. The largest absolute Gasteiger partial charge is 0.360 e. The fourth-order valence-corrected chi connectivity index (χ4v) is 3.17. The Balaban J connectivity index is 1.83. The lowest BCUT2D eigenvalue weighted by Gasteiger charge is -1.95. The Kier molecular flexibility index (Phi) is 2.79. The summed E-state index contributed by atoms with van der Waals surface area (Å²) in [4.78, 5) is 11.9. The van der Waals surface area contributed by atoms with Gasteiger partial charge in [0, 0.05) is 46.0 Å². The predicted octanol–water partition coefficient (Wildman–Crippen LogP) is 4.49. The fourth-order valence-electron chi connectivity index (χ4n) is 2.31. The highest BCUT2D eigenvalue weighted by atomic mass is 32.1. The zero-order valence-corrected chi connectivity index (χ0v) is 11.7. The van der Waals surface area contributed by atoms with Gasteiger partial charge in [0.15, 0.2) is 0 Å². The second-order valence-electron chi connectivity index (χ2n) is 4.67. The molecule has 3 heterocycles. The summed E-state index contributed by atoms with van der Waals surface area (Å²) in [5, 5.41) is 3.71. The molecule has 0 spiro atoms. The lowest BCUT2D eigenvalue weighted by atomic mass is 10.2. The first kappa shape index (κ1) is 12.2. The predicted molar refractivity (Wildman–Crippen MR) is 82.6 cm³/mol. The normalized spacial score (nSPS) is 11.1. The molecule has 0 aliphatic rings. The number of hydrogen-bond donors (Lipinski definition) is 1. The number of aromatic amines is 1. The maximum Gasteiger partial charge on any atom is 0.126 e. The Morgan fingerprint density at radius 3 is 3.00 bits per heavy atom. The van der Waals surface area contributed by atoms with E-state index in [1.54, 1.807) is 29.8 Å². The number of thiazole rings is 1. The average molecular weight is 295 g/mol. The molecule has 0 aliphatic carbocycles. The average Bonchev–Trinajstić information content (AvgIpc) is 3.14. The monoisotopic (exact) mass is 295 g/mol. The van der Waals surface area contributed by atoms with Crippen LogP contribution in [0.5, 0.6) is 0 Å². The third-order valence-electron chi connectivity index (χ3n) is 3.34. The van der Waals surface area contributed by atoms with Gasteiger partial charge in [-0.05, 0) is 30.3 Å². The summed E-state index contributed by atoms with van der Waals surface area (Å²) in [6.45, 7) is 0. The molecule has 4 rings (SSSR count). The molecule has 0 bridgehead atoms. The summed E-state index contributed by atoms with van der Waals surface area (Å²) in [7, 11) is 0. The number of hydrogen-bond acceptors (Lipinski definition) is 3. The quantitative estimate of drug-likeness (QED) is 0.592. The minimum Gasteiger partial charge on any atom is -0.360 e. The molecule has 0 aliphatic heterocycles. The van der Waals surface area contributed by atoms with Crippen molar-refractivity contribution in [3.8, 4) is 21.8 Å². The molecular formula is C16H10FN3S. The molecule has 21 heavy (non-hydrogen) atoms. The molecule has 3 nitrogen and oxygen atoms in total. The number of nitrogens with zero attached hydrogens (tertiary/aromatic N) is 2. The van der Waals surface area contributed by atoms with Crippen LogP contribution < -0.4 is 0 Å². The number of H-pyrrole nitrogens is 1. The topological polar surface area (TPSA) is 41.6 Å². The molecular weight excluding hydrogens is 285 g/mol. The second-order valence-corrected chi connectivity index (χ2v) is 5.53. The molecule has 0 amide bonds. The Bertz CT molecular complexity index is 912. The first-order valence-corrected chi connectivity index (χ1v) is 7.32. The smallest absolute Gasteiger partial charge is 0.126 e. The standard InChI is InChI=1S/C16H10FN3S/c17-11-3-4-14-12(6-11)13(8-19-14)16-20-15(9-21-16)10-2-1-5-18-7-10/h1-9,19H. The van der Waals surface area contributed by atoms with Crippen molar-refractivity contribution in [2.75, 3.05) is 0 Å². The Morgan fingerprint density at radius 1 is 1.19 bits per heavy atom. The van der Waals surface area contributed by atoms with Crippen molar-refractivity contribution >= 4 is 22.2 Å². The minimum atomic E-state index is -0.243. The lowest BCUT2D eigenvalue weighted by molar-refractivity contribution is 0.630. The highest BCUT2D eigenvalue weighted by Gasteiger charge is 2.11. The van der Waals surface area contributed by atoms with E-state index < -0.39 is 0 Å². The SMILES string of the molecule is Fc1ccc2[nH]cc(-c3nc(-c4cccnc4)cs3)c2c1. The lowest BCUT2D eigenvalue weighted by Crippen LogP contribution is -1.80. The highest BCUT2D eigenvalue weighted by Crippen LogP contribution is 2.33. The summed E-state index contributed by atoms with van der Waals surface area (Å²) in [6.07, 6.45) is 5.39. The van der Waals surface area contributed by atoms with Gasteiger partial charge in [-0.25, -0.2) is 9.37 Å². The van der Waals surface area contributed by atoms with E-state index in [0.29, 0.717) is 0 Å². The molecule has 1 aromatic carbocycles. The van der Waals surface area contributed by atoms with E-state index in [1.165, 1.54) is 12.1 Å². The molecule has 5 heteroatoms. The Morgan fingerprint density at radius 2 is 2.14 bits per heavy atom. The van der Waals surface area contributed by atoms with E-state index in [9.17, 15) is 4.39 Å². The molecule has 0 fully saturated rings. The summed E-state index contributed by atoms with van der Waals surface area (Å²) in [6, 6.07) is 8.58. The molecule has 3 aromatic heterocycles. The number of nitrogens with one attached hydrogen (secondary N) is 1. The maximum atomic E-state index is 13.4. The molecule has 0 radical (unpaired) electrons. The van der Waals surface area contributed by atoms with Crippen LogP contribution in [0.25, 0.3) is 32.7 Å². The first-order chi connectivity index (χ1) is 10.3. The maximum absolute atomic E-state index is 13.4. The fraction of sp³-hybridized carbons (Fsp3) is 0. The van der Waals surface area contributed by atoms with Crippen molar-refractivity contribution < 1.29 is 4.39 Å². The highest BCUT2D eigenvalue weighted by molar-refractivity contribution is 7.13. The summed E-state index contributed by atoms with van der Waals surface area (Å²) in [5.74, 6) is -0.243. The van der Waals surface area contributed by atoms with Gasteiger partial charge in [-0.15, -0.1) is 11.3 Å². The van der Waals surface area contributed by atoms with Crippen LogP contribution in [-0.2, 0) is 0 Å². The van der Waals surface area contributed by atoms with Crippen LogP contribution >= 0.6 is 11.3 Å². The zero-order valence-electron chi connectivity index (χ0n) is 10.9. The van der Waals surface area contributed by atoms with Crippen molar-refractivity contribution in [2.24, 2.45) is 0 Å².